The number of nitrogens with zero attached hydrogens (tertiary/aromatic N) is 2. The molecule has 2 aromatic carbocycles. The van der Waals surface area contributed by atoms with Gasteiger partial charge in [-0.15, -0.1) is 0 Å². The third-order valence-electron chi connectivity index (χ3n) is 3.82. The smallest absolute Gasteiger partial charge is 0.308 e. The summed E-state index contributed by atoms with van der Waals surface area (Å²) in [5, 5.41) is 5.36. The number of benzene rings is 2. The Bertz CT molecular complexity index is 911. The SMILES string of the molecule is Cc1c(NC(=O)Nc2ccccc2)c(=O)n(-c2ccccc2)n1C. The Kier molecular flexibility index (Phi) is 4.20. The summed E-state index contributed by atoms with van der Waals surface area (Å²) in [5.74, 6) is 0. The van der Waals surface area contributed by atoms with Crippen molar-refractivity contribution in [3.8, 4) is 5.69 Å². The van der Waals surface area contributed by atoms with E-state index in [9.17, 15) is 9.59 Å². The fraction of sp³-hybridized carbons (Fsp3) is 0.111. The summed E-state index contributed by atoms with van der Waals surface area (Å²) in [7, 11) is 1.78. The summed E-state index contributed by atoms with van der Waals surface area (Å²) < 4.78 is 3.24. The number of carbonyl (C=O) groups is 1. The van der Waals surface area contributed by atoms with E-state index in [0.29, 0.717) is 11.4 Å². The Balaban J connectivity index is 1.90. The predicted octanol–water partition coefficient (Wildman–Crippen LogP) is 3.13. The summed E-state index contributed by atoms with van der Waals surface area (Å²) in [6.45, 7) is 1.79. The lowest BCUT2D eigenvalue weighted by Gasteiger charge is -2.07. The Hall–Kier alpha value is -3.28. The third-order valence-corrected chi connectivity index (χ3v) is 3.82. The van der Waals surface area contributed by atoms with Crippen LogP contribution in [0.4, 0.5) is 16.2 Å². The molecule has 2 N–H and O–H groups in total. The van der Waals surface area contributed by atoms with Gasteiger partial charge in [0, 0.05) is 12.7 Å². The van der Waals surface area contributed by atoms with E-state index in [1.165, 1.54) is 4.68 Å². The molecule has 0 bridgehead atoms. The Morgan fingerprint density at radius 3 is 2.12 bits per heavy atom. The van der Waals surface area contributed by atoms with Crippen LogP contribution in [0.25, 0.3) is 5.69 Å². The van der Waals surface area contributed by atoms with Gasteiger partial charge in [0.25, 0.3) is 5.56 Å². The highest BCUT2D eigenvalue weighted by molar-refractivity contribution is 6.00. The van der Waals surface area contributed by atoms with Crippen molar-refractivity contribution in [1.29, 1.82) is 0 Å². The lowest BCUT2D eigenvalue weighted by molar-refractivity contribution is 0.262. The first kappa shape index (κ1) is 15.6. The highest BCUT2D eigenvalue weighted by Gasteiger charge is 2.17. The number of carbonyl (C=O) groups excluding carboxylic acids is 1. The number of rotatable bonds is 3. The Morgan fingerprint density at radius 1 is 0.917 bits per heavy atom. The highest BCUT2D eigenvalue weighted by Crippen LogP contribution is 2.14. The van der Waals surface area contributed by atoms with Crippen LogP contribution in [-0.4, -0.2) is 15.4 Å². The fourth-order valence-electron chi connectivity index (χ4n) is 2.51. The lowest BCUT2D eigenvalue weighted by atomic mass is 10.3. The van der Waals surface area contributed by atoms with Gasteiger partial charge in [0.15, 0.2) is 0 Å². The van der Waals surface area contributed by atoms with Gasteiger partial charge in [-0.25, -0.2) is 9.48 Å². The molecule has 122 valence electrons. The number of hydrogen-bond acceptors (Lipinski definition) is 2. The van der Waals surface area contributed by atoms with Gasteiger partial charge in [-0.1, -0.05) is 36.4 Å². The molecule has 6 heteroatoms. The predicted molar refractivity (Wildman–Crippen MR) is 94.8 cm³/mol. The maximum absolute atomic E-state index is 12.7. The number of hydrogen-bond donors (Lipinski definition) is 2. The van der Waals surface area contributed by atoms with E-state index in [4.69, 9.17) is 0 Å². The molecule has 0 fully saturated rings. The van der Waals surface area contributed by atoms with Crippen LogP contribution in [0, 0.1) is 6.92 Å². The second kappa shape index (κ2) is 6.45. The molecule has 1 aromatic heterocycles. The quantitative estimate of drug-likeness (QED) is 0.778. The van der Waals surface area contributed by atoms with E-state index in [0.717, 1.165) is 5.69 Å². The molecule has 3 rings (SSSR count). The first-order chi connectivity index (χ1) is 11.6. The fourth-order valence-corrected chi connectivity index (χ4v) is 2.51. The standard InChI is InChI=1S/C18H18N4O2/c1-13-16(20-18(24)19-14-9-5-3-6-10-14)17(23)22(21(13)2)15-11-7-4-8-12-15/h3-12H,1-2H3,(H2,19,20,24). The van der Waals surface area contributed by atoms with E-state index >= 15 is 0 Å². The Morgan fingerprint density at radius 2 is 1.50 bits per heavy atom. The van der Waals surface area contributed by atoms with Crippen molar-refractivity contribution >= 4 is 17.4 Å². The van der Waals surface area contributed by atoms with Crippen LogP contribution >= 0.6 is 0 Å². The summed E-state index contributed by atoms with van der Waals surface area (Å²) in [4.78, 5) is 24.9. The number of urea groups is 1. The van der Waals surface area contributed by atoms with Crippen molar-refractivity contribution in [3.05, 3.63) is 76.7 Å². The number of aromatic nitrogens is 2. The van der Waals surface area contributed by atoms with Crippen molar-refractivity contribution in [3.63, 3.8) is 0 Å². The number of nitrogens with one attached hydrogen (secondary N) is 2. The highest BCUT2D eigenvalue weighted by atomic mass is 16.2. The maximum atomic E-state index is 12.7. The van der Waals surface area contributed by atoms with Crippen LogP contribution < -0.4 is 16.2 Å². The largest absolute Gasteiger partial charge is 0.323 e. The van der Waals surface area contributed by atoms with Crippen LogP contribution in [0.3, 0.4) is 0 Å². The number of para-hydroxylation sites is 2. The van der Waals surface area contributed by atoms with Crippen molar-refractivity contribution < 1.29 is 4.79 Å². The zero-order valence-corrected chi connectivity index (χ0v) is 13.5. The van der Waals surface area contributed by atoms with Crippen molar-refractivity contribution in [2.24, 2.45) is 7.05 Å². The molecule has 0 atom stereocenters. The molecule has 0 aliphatic heterocycles. The molecular formula is C18H18N4O2. The average Bonchev–Trinajstić information content (AvgIpc) is 2.80. The van der Waals surface area contributed by atoms with Crippen LogP contribution in [-0.2, 0) is 7.05 Å². The van der Waals surface area contributed by atoms with E-state index < -0.39 is 6.03 Å². The van der Waals surface area contributed by atoms with Gasteiger partial charge in [0.1, 0.15) is 5.69 Å². The van der Waals surface area contributed by atoms with Gasteiger partial charge in [-0.3, -0.25) is 9.48 Å². The molecular weight excluding hydrogens is 304 g/mol. The molecule has 6 nitrogen and oxygen atoms in total. The minimum absolute atomic E-state index is 0.259. The maximum Gasteiger partial charge on any atom is 0.323 e. The molecule has 0 aliphatic carbocycles. The summed E-state index contributed by atoms with van der Waals surface area (Å²) >= 11 is 0. The van der Waals surface area contributed by atoms with Crippen LogP contribution in [0.1, 0.15) is 5.69 Å². The first-order valence-corrected chi connectivity index (χ1v) is 7.55. The van der Waals surface area contributed by atoms with Gasteiger partial charge < -0.3 is 10.6 Å². The summed E-state index contributed by atoms with van der Waals surface area (Å²) in [5.41, 5.74) is 2.06. The van der Waals surface area contributed by atoms with Crippen molar-refractivity contribution in [2.75, 3.05) is 10.6 Å². The minimum atomic E-state index is -0.452. The molecule has 2 amide bonds. The Labute approximate surface area is 139 Å². The molecule has 1 heterocycles. The van der Waals surface area contributed by atoms with E-state index in [-0.39, 0.29) is 11.2 Å². The van der Waals surface area contributed by atoms with E-state index in [2.05, 4.69) is 10.6 Å². The summed E-state index contributed by atoms with van der Waals surface area (Å²) in [6, 6.07) is 17.9. The van der Waals surface area contributed by atoms with Crippen molar-refractivity contribution in [1.82, 2.24) is 9.36 Å². The van der Waals surface area contributed by atoms with Gasteiger partial charge in [0.2, 0.25) is 0 Å². The zero-order chi connectivity index (χ0) is 17.1. The van der Waals surface area contributed by atoms with Crippen LogP contribution in [0.15, 0.2) is 65.5 Å². The minimum Gasteiger partial charge on any atom is -0.308 e. The monoisotopic (exact) mass is 322 g/mol. The number of amides is 2. The molecule has 0 saturated carbocycles. The van der Waals surface area contributed by atoms with Gasteiger partial charge in [-0.05, 0) is 31.2 Å². The molecule has 24 heavy (non-hydrogen) atoms. The average molecular weight is 322 g/mol. The normalized spacial score (nSPS) is 10.4. The molecule has 0 aliphatic rings. The van der Waals surface area contributed by atoms with Gasteiger partial charge in [0.05, 0.1) is 11.4 Å². The number of anilines is 2. The van der Waals surface area contributed by atoms with Crippen LogP contribution in [0.2, 0.25) is 0 Å². The van der Waals surface area contributed by atoms with E-state index in [1.807, 2.05) is 48.5 Å². The topological polar surface area (TPSA) is 68.1 Å². The van der Waals surface area contributed by atoms with Gasteiger partial charge in [-0.2, -0.15) is 0 Å². The van der Waals surface area contributed by atoms with E-state index in [1.54, 1.807) is 30.8 Å². The second-order valence-electron chi connectivity index (χ2n) is 5.38. The lowest BCUT2D eigenvalue weighted by Crippen LogP contribution is -2.25. The second-order valence-corrected chi connectivity index (χ2v) is 5.38. The molecule has 0 unspecified atom stereocenters. The molecule has 0 spiro atoms. The third kappa shape index (κ3) is 2.94. The van der Waals surface area contributed by atoms with Crippen molar-refractivity contribution in [2.45, 2.75) is 6.92 Å². The van der Waals surface area contributed by atoms with Gasteiger partial charge >= 0.3 is 6.03 Å². The molecule has 0 radical (unpaired) electrons. The van der Waals surface area contributed by atoms with Crippen LogP contribution in [0.5, 0.6) is 0 Å². The molecule has 3 aromatic rings. The zero-order valence-electron chi connectivity index (χ0n) is 13.5. The summed E-state index contributed by atoms with van der Waals surface area (Å²) in [6.07, 6.45) is 0. The first-order valence-electron chi connectivity index (χ1n) is 7.55. The molecule has 0 saturated heterocycles.